The van der Waals surface area contributed by atoms with Gasteiger partial charge in [-0.05, 0) is 36.1 Å². The Morgan fingerprint density at radius 3 is 2.69 bits per heavy atom. The third kappa shape index (κ3) is 3.02. The molecule has 0 bridgehead atoms. The number of carbonyl (C=O) groups excluding carboxylic acids is 1. The fourth-order valence-electron chi connectivity index (χ4n) is 4.33. The van der Waals surface area contributed by atoms with Crippen LogP contribution in [0.3, 0.4) is 0 Å². The van der Waals surface area contributed by atoms with Gasteiger partial charge < -0.3 is 20.8 Å². The van der Waals surface area contributed by atoms with Crippen molar-refractivity contribution < 1.29 is 28.2 Å². The minimum Gasteiger partial charge on any atom is -0.506 e. The van der Waals surface area contributed by atoms with Gasteiger partial charge in [0.2, 0.25) is 5.91 Å². The van der Waals surface area contributed by atoms with E-state index in [2.05, 4.69) is 10.6 Å². The number of carbonyl (C=O) groups is 1. The van der Waals surface area contributed by atoms with Crippen molar-refractivity contribution in [1.29, 1.82) is 0 Å². The van der Waals surface area contributed by atoms with Crippen molar-refractivity contribution in [3.05, 3.63) is 52.0 Å². The van der Waals surface area contributed by atoms with Crippen molar-refractivity contribution in [2.45, 2.75) is 43.5 Å². The summed E-state index contributed by atoms with van der Waals surface area (Å²) in [6.45, 7) is 1.50. The molecule has 2 aromatic rings. The third-order valence-corrected chi connectivity index (χ3v) is 5.98. The lowest BCUT2D eigenvalue weighted by Crippen LogP contribution is -2.55. The number of nitrogens with one attached hydrogen (secondary N) is 2. The van der Waals surface area contributed by atoms with E-state index in [1.807, 2.05) is 0 Å². The van der Waals surface area contributed by atoms with E-state index in [-0.39, 0.29) is 34.2 Å². The number of benzene rings is 2. The van der Waals surface area contributed by atoms with Gasteiger partial charge in [0, 0.05) is 22.5 Å². The number of rotatable bonds is 2. The molecular weight excluding hydrogens is 409 g/mol. The van der Waals surface area contributed by atoms with E-state index in [4.69, 9.17) is 11.6 Å². The molecule has 1 aliphatic heterocycles. The first kappa shape index (κ1) is 19.8. The summed E-state index contributed by atoms with van der Waals surface area (Å²) < 4.78 is 42.0. The molecule has 4 rings (SSSR count). The first-order valence-corrected chi connectivity index (χ1v) is 9.39. The Morgan fingerprint density at radius 2 is 2.00 bits per heavy atom. The zero-order valence-electron chi connectivity index (χ0n) is 15.3. The van der Waals surface area contributed by atoms with Crippen molar-refractivity contribution >= 4 is 28.9 Å². The molecule has 0 saturated heterocycles. The maximum absolute atomic E-state index is 14.0. The number of halogens is 4. The monoisotopic (exact) mass is 426 g/mol. The van der Waals surface area contributed by atoms with Crippen LogP contribution in [0, 0.1) is 0 Å². The summed E-state index contributed by atoms with van der Waals surface area (Å²) in [5.41, 5.74) is -1.35. The van der Waals surface area contributed by atoms with Gasteiger partial charge in [-0.3, -0.25) is 4.79 Å². The van der Waals surface area contributed by atoms with Gasteiger partial charge in [-0.1, -0.05) is 30.7 Å². The van der Waals surface area contributed by atoms with Gasteiger partial charge in [0.05, 0.1) is 17.5 Å². The predicted molar refractivity (Wildman–Crippen MR) is 102 cm³/mol. The Bertz CT molecular complexity index is 1010. The lowest BCUT2D eigenvalue weighted by Gasteiger charge is -2.45. The second-order valence-electron chi connectivity index (χ2n) is 7.56. The number of aliphatic hydroxyl groups is 1. The van der Waals surface area contributed by atoms with Crippen LogP contribution in [0.5, 0.6) is 5.75 Å². The number of fused-ring (bicyclic) bond motifs is 2. The molecule has 1 amide bonds. The summed E-state index contributed by atoms with van der Waals surface area (Å²) in [6, 6.07) is 5.91. The number of anilines is 2. The number of amides is 1. The fourth-order valence-corrected chi connectivity index (χ4v) is 4.49. The van der Waals surface area contributed by atoms with Gasteiger partial charge in [-0.2, -0.15) is 13.2 Å². The second kappa shape index (κ2) is 6.53. The molecular formula is C20H18ClF3N2O3. The molecule has 154 valence electrons. The number of aromatic hydroxyl groups is 1. The molecule has 3 atom stereocenters. The van der Waals surface area contributed by atoms with Crippen LogP contribution in [0.2, 0.25) is 5.02 Å². The molecule has 0 fully saturated rings. The van der Waals surface area contributed by atoms with Crippen molar-refractivity contribution in [2.75, 3.05) is 10.6 Å². The molecule has 0 saturated carbocycles. The third-order valence-electron chi connectivity index (χ3n) is 5.68. The highest BCUT2D eigenvalue weighted by Crippen LogP contribution is 2.55. The highest BCUT2D eigenvalue weighted by atomic mass is 35.5. The maximum atomic E-state index is 14.0. The molecule has 9 heteroatoms. The zero-order chi connectivity index (χ0) is 21.1. The van der Waals surface area contributed by atoms with Crippen LogP contribution in [0.15, 0.2) is 30.3 Å². The number of hydrogen-bond donors (Lipinski definition) is 4. The highest BCUT2D eigenvalue weighted by Gasteiger charge is 2.62. The summed E-state index contributed by atoms with van der Waals surface area (Å²) in [4.78, 5) is 11.7. The van der Waals surface area contributed by atoms with Crippen LogP contribution in [0.25, 0.3) is 0 Å². The normalized spacial score (nSPS) is 25.9. The van der Waals surface area contributed by atoms with E-state index in [1.165, 1.54) is 19.1 Å². The van der Waals surface area contributed by atoms with Crippen LogP contribution in [0.1, 0.15) is 42.0 Å². The van der Waals surface area contributed by atoms with Crippen molar-refractivity contribution in [3.63, 3.8) is 0 Å². The number of alkyl halides is 3. The Labute approximate surface area is 169 Å². The first-order chi connectivity index (χ1) is 13.5. The van der Waals surface area contributed by atoms with Crippen molar-refractivity contribution in [1.82, 2.24) is 0 Å². The number of phenolic OH excluding ortho intramolecular Hbond substituents is 1. The molecule has 0 aromatic heterocycles. The highest BCUT2D eigenvalue weighted by molar-refractivity contribution is 6.32. The average molecular weight is 427 g/mol. The van der Waals surface area contributed by atoms with Crippen molar-refractivity contribution in [2.24, 2.45) is 0 Å². The van der Waals surface area contributed by atoms with E-state index >= 15 is 0 Å². The summed E-state index contributed by atoms with van der Waals surface area (Å²) in [5, 5.41) is 26.7. The molecule has 0 unspecified atom stereocenters. The molecule has 0 radical (unpaired) electrons. The zero-order valence-corrected chi connectivity index (χ0v) is 16.0. The number of hydrogen-bond acceptors (Lipinski definition) is 4. The van der Waals surface area contributed by atoms with Gasteiger partial charge in [0.1, 0.15) is 5.75 Å². The molecule has 1 aliphatic carbocycles. The Kier molecular flexibility index (Phi) is 4.47. The van der Waals surface area contributed by atoms with E-state index in [0.29, 0.717) is 16.9 Å². The van der Waals surface area contributed by atoms with Gasteiger partial charge >= 0.3 is 6.18 Å². The topological polar surface area (TPSA) is 81.6 Å². The summed E-state index contributed by atoms with van der Waals surface area (Å²) in [6.07, 6.45) is -5.57. The van der Waals surface area contributed by atoms with Crippen LogP contribution >= 0.6 is 11.6 Å². The smallest absolute Gasteiger partial charge is 0.419 e. The Hall–Kier alpha value is -2.45. The van der Waals surface area contributed by atoms with Crippen LogP contribution in [-0.4, -0.2) is 27.9 Å². The molecule has 2 aliphatic rings. The minimum atomic E-state index is -4.93. The van der Waals surface area contributed by atoms with Crippen LogP contribution in [0.4, 0.5) is 24.5 Å². The molecule has 5 nitrogen and oxygen atoms in total. The average Bonchev–Trinajstić information content (AvgIpc) is 3.01. The van der Waals surface area contributed by atoms with Crippen molar-refractivity contribution in [3.8, 4) is 5.75 Å². The van der Waals surface area contributed by atoms with E-state index in [9.17, 15) is 28.2 Å². The maximum Gasteiger partial charge on any atom is 0.419 e. The SMILES string of the molecule is C[C@@H]1C[C@@](O)(C(F)(F)F)[C@H](Nc2cccc3c2CC(=O)N3)c2ccc(Cl)c(O)c21. The molecule has 2 aromatic carbocycles. The van der Waals surface area contributed by atoms with E-state index < -0.39 is 30.2 Å². The lowest BCUT2D eigenvalue weighted by atomic mass is 9.70. The minimum absolute atomic E-state index is 0.0187. The largest absolute Gasteiger partial charge is 0.506 e. The molecule has 0 spiro atoms. The molecule has 29 heavy (non-hydrogen) atoms. The molecule has 1 heterocycles. The lowest BCUT2D eigenvalue weighted by molar-refractivity contribution is -0.272. The standard InChI is InChI=1S/C20H18ClF3N2O3/c1-9-8-19(29,20(22,23)24)18(10-5-6-12(21)17(28)16(9)10)26-14-4-2-3-13-11(14)7-15(27)25-13/h2-6,9,18,26,28-29H,7-8H2,1H3,(H,25,27)/t9-,18-,19+/m1/s1. The van der Waals surface area contributed by atoms with E-state index in [1.54, 1.807) is 18.2 Å². The summed E-state index contributed by atoms with van der Waals surface area (Å²) in [5.74, 6) is -1.33. The second-order valence-corrected chi connectivity index (χ2v) is 7.97. The Morgan fingerprint density at radius 1 is 1.28 bits per heavy atom. The van der Waals surface area contributed by atoms with Gasteiger partial charge in [-0.25, -0.2) is 0 Å². The van der Waals surface area contributed by atoms with Gasteiger partial charge in [0.25, 0.3) is 0 Å². The molecule has 4 N–H and O–H groups in total. The predicted octanol–water partition coefficient (Wildman–Crippen LogP) is 4.49. The fraction of sp³-hybridized carbons (Fsp3) is 0.350. The van der Waals surface area contributed by atoms with E-state index in [0.717, 1.165) is 0 Å². The van der Waals surface area contributed by atoms with Gasteiger partial charge in [0.15, 0.2) is 5.60 Å². The first-order valence-electron chi connectivity index (χ1n) is 9.01. The number of phenols is 1. The Balaban J connectivity index is 1.88. The van der Waals surface area contributed by atoms with Crippen LogP contribution < -0.4 is 10.6 Å². The van der Waals surface area contributed by atoms with Gasteiger partial charge in [-0.15, -0.1) is 0 Å². The quantitative estimate of drug-likeness (QED) is 0.570. The summed E-state index contributed by atoms with van der Waals surface area (Å²) in [7, 11) is 0. The van der Waals surface area contributed by atoms with Crippen LogP contribution in [-0.2, 0) is 11.2 Å². The summed E-state index contributed by atoms with van der Waals surface area (Å²) >= 11 is 5.97.